The molecule has 0 aliphatic rings. The third-order valence-electron chi connectivity index (χ3n) is 2.11. The van der Waals surface area contributed by atoms with Crippen molar-refractivity contribution in [3.05, 3.63) is 40.5 Å². The van der Waals surface area contributed by atoms with Crippen LogP contribution < -0.4 is 0 Å². The molecule has 0 saturated carbocycles. The second-order valence-electron chi connectivity index (χ2n) is 3.55. The molecule has 1 aromatic rings. The first-order chi connectivity index (χ1) is 9.23. The molecule has 0 unspecified atom stereocenters. The molecule has 4 nitrogen and oxygen atoms in total. The first-order valence-electron chi connectivity index (χ1n) is 4.78. The van der Waals surface area contributed by atoms with E-state index >= 15 is 0 Å². The molecule has 0 radical (unpaired) electrons. The van der Waals surface area contributed by atoms with Crippen LogP contribution in [0.3, 0.4) is 0 Å². The van der Waals surface area contributed by atoms with Gasteiger partial charge in [0.05, 0.1) is 4.58 Å². The van der Waals surface area contributed by atoms with Gasteiger partial charge in [0, 0.05) is 0 Å². The van der Waals surface area contributed by atoms with Gasteiger partial charge in [0.1, 0.15) is 0 Å². The van der Waals surface area contributed by atoms with E-state index in [1.807, 2.05) is 0 Å². The predicted molar refractivity (Wildman–Crippen MR) is 58.7 cm³/mol. The number of rotatable bonds is 3. The van der Waals surface area contributed by atoms with Gasteiger partial charge in [0.15, 0.2) is 0 Å². The molecule has 0 atom stereocenters. The third kappa shape index (κ3) is 3.10. The van der Waals surface area contributed by atoms with Crippen LogP contribution in [0.2, 0.25) is 0 Å². The number of hydrogen-bond acceptors (Lipinski definition) is 4. The Balaban J connectivity index is 3.72. The molecule has 0 N–H and O–H groups in total. The molecule has 1 rings (SSSR count). The van der Waals surface area contributed by atoms with E-state index in [4.69, 9.17) is 0 Å². The highest BCUT2D eigenvalue weighted by Gasteiger charge is 2.59. The zero-order valence-corrected chi connectivity index (χ0v) is 11.2. The normalized spacial score (nSPS) is 14.0. The maximum absolute atomic E-state index is 12.4. The third-order valence-corrected chi connectivity index (χ3v) is 6.09. The van der Waals surface area contributed by atoms with Crippen LogP contribution in [0.25, 0.3) is 0 Å². The van der Waals surface area contributed by atoms with Gasteiger partial charge in [-0.05, 0) is 0 Å². The molecule has 12 heteroatoms. The summed E-state index contributed by atoms with van der Waals surface area (Å²) in [5.74, 6) is 0. The molecular formula is C9H5F6O4S2-. The van der Waals surface area contributed by atoms with Crippen molar-refractivity contribution in [2.45, 2.75) is 11.0 Å². The number of halogens is 6. The molecule has 21 heavy (non-hydrogen) atoms. The minimum absolute atomic E-state index is 0.516. The number of benzene rings is 1. The maximum atomic E-state index is 12.4. The highest BCUT2D eigenvalue weighted by Crippen LogP contribution is 2.43. The molecule has 1 aromatic carbocycles. The van der Waals surface area contributed by atoms with Gasteiger partial charge in [-0.15, -0.1) is 12.1 Å². The zero-order chi connectivity index (χ0) is 16.7. The number of hydrogen-bond donors (Lipinski definition) is 0. The number of alkyl halides is 6. The van der Waals surface area contributed by atoms with Crippen LogP contribution >= 0.6 is 0 Å². The van der Waals surface area contributed by atoms with Crippen LogP contribution in [0.15, 0.2) is 30.3 Å². The van der Waals surface area contributed by atoms with E-state index in [9.17, 15) is 43.2 Å². The van der Waals surface area contributed by atoms with Gasteiger partial charge in [-0.2, -0.15) is 44.0 Å². The van der Waals surface area contributed by atoms with Crippen LogP contribution in [-0.4, -0.2) is 27.9 Å². The fraction of sp³-hybridized carbons (Fsp3) is 0.222. The highest BCUT2D eigenvalue weighted by atomic mass is 32.3. The zero-order valence-electron chi connectivity index (χ0n) is 9.60. The smallest absolute Gasteiger partial charge is 0.227 e. The summed E-state index contributed by atoms with van der Waals surface area (Å²) in [7, 11) is -13.4. The van der Waals surface area contributed by atoms with Crippen LogP contribution in [0.1, 0.15) is 5.56 Å². The average molecular weight is 355 g/mol. The summed E-state index contributed by atoms with van der Waals surface area (Å²) in [6, 6.07) is 3.98. The number of sulfone groups is 2. The van der Waals surface area contributed by atoms with Gasteiger partial charge in [0.2, 0.25) is 19.7 Å². The van der Waals surface area contributed by atoms with E-state index in [0.717, 1.165) is 18.2 Å². The molecule has 0 aliphatic carbocycles. The second kappa shape index (κ2) is 5.09. The van der Waals surface area contributed by atoms with Crippen molar-refractivity contribution in [1.29, 1.82) is 0 Å². The topological polar surface area (TPSA) is 68.3 Å². The molecule has 0 aromatic heterocycles. The lowest BCUT2D eigenvalue weighted by atomic mass is 10.2. The molecule has 0 heterocycles. The predicted octanol–water partition coefficient (Wildman–Crippen LogP) is 2.39. The minimum Gasteiger partial charge on any atom is -0.227 e. The minimum atomic E-state index is -6.72. The summed E-state index contributed by atoms with van der Waals surface area (Å²) in [6.45, 7) is 0. The van der Waals surface area contributed by atoms with Crippen molar-refractivity contribution >= 4 is 19.7 Å². The summed E-state index contributed by atoms with van der Waals surface area (Å²) >= 11 is 0. The monoisotopic (exact) mass is 355 g/mol. The molecule has 0 spiro atoms. The first-order valence-corrected chi connectivity index (χ1v) is 7.74. The largest absolute Gasteiger partial charge is 0.491 e. The van der Waals surface area contributed by atoms with Crippen LogP contribution in [0.4, 0.5) is 26.3 Å². The van der Waals surface area contributed by atoms with Crippen molar-refractivity contribution in [2.24, 2.45) is 0 Å². The summed E-state index contributed by atoms with van der Waals surface area (Å²) in [5, 5.41) is 0. The van der Waals surface area contributed by atoms with Crippen molar-refractivity contribution in [1.82, 2.24) is 0 Å². The maximum Gasteiger partial charge on any atom is 0.491 e. The Hall–Kier alpha value is -1.43. The van der Waals surface area contributed by atoms with E-state index in [1.165, 1.54) is 0 Å². The van der Waals surface area contributed by atoms with Crippen molar-refractivity contribution in [3.63, 3.8) is 0 Å². The molecule has 0 amide bonds. The van der Waals surface area contributed by atoms with Gasteiger partial charge >= 0.3 is 11.0 Å². The van der Waals surface area contributed by atoms with E-state index < -0.39 is 40.8 Å². The Morgan fingerprint density at radius 3 is 1.33 bits per heavy atom. The lowest BCUT2D eigenvalue weighted by molar-refractivity contribution is -0.0452. The van der Waals surface area contributed by atoms with E-state index in [2.05, 4.69) is 0 Å². The fourth-order valence-electron chi connectivity index (χ4n) is 1.24. The average Bonchev–Trinajstić information content (AvgIpc) is 2.26. The van der Waals surface area contributed by atoms with Gasteiger partial charge in [-0.25, -0.2) is 16.8 Å². The lowest BCUT2D eigenvalue weighted by Gasteiger charge is -2.26. The quantitative estimate of drug-likeness (QED) is 0.617. The summed E-state index contributed by atoms with van der Waals surface area (Å²) in [4.78, 5) is 0. The van der Waals surface area contributed by atoms with Crippen LogP contribution in [-0.2, 0) is 19.7 Å². The first kappa shape index (κ1) is 17.6. The Bertz CT molecular complexity index is 659. The van der Waals surface area contributed by atoms with Gasteiger partial charge < -0.3 is 0 Å². The SMILES string of the molecule is O=S(=O)([C-](c1ccccc1)S(=O)(=O)C(F)(F)F)C(F)(F)F. The van der Waals surface area contributed by atoms with Crippen molar-refractivity contribution in [3.8, 4) is 0 Å². The van der Waals surface area contributed by atoms with Gasteiger partial charge in [-0.3, -0.25) is 0 Å². The van der Waals surface area contributed by atoms with Crippen molar-refractivity contribution in [2.75, 3.05) is 0 Å². The Morgan fingerprint density at radius 2 is 1.05 bits per heavy atom. The Morgan fingerprint density at radius 1 is 0.714 bits per heavy atom. The van der Waals surface area contributed by atoms with E-state index in [-0.39, 0.29) is 0 Å². The van der Waals surface area contributed by atoms with E-state index in [1.54, 1.807) is 0 Å². The van der Waals surface area contributed by atoms with Crippen LogP contribution in [0, 0.1) is 4.58 Å². The molecule has 120 valence electrons. The van der Waals surface area contributed by atoms with Crippen molar-refractivity contribution < 1.29 is 43.2 Å². The van der Waals surface area contributed by atoms with Gasteiger partial charge in [0.25, 0.3) is 0 Å². The lowest BCUT2D eigenvalue weighted by Crippen LogP contribution is -2.39. The standard InChI is InChI=1S/C9H5F6O4S2/c10-8(11,12)20(16,17)7(6-4-2-1-3-5-6)21(18,19)9(13,14)15/h1-5H/q-1. The summed E-state index contributed by atoms with van der Waals surface area (Å²) in [5.41, 5.74) is -13.6. The Kier molecular flexibility index (Phi) is 4.27. The molecule has 0 bridgehead atoms. The van der Waals surface area contributed by atoms with Gasteiger partial charge in [-0.1, -0.05) is 6.07 Å². The van der Waals surface area contributed by atoms with E-state index in [0.29, 0.717) is 12.1 Å². The summed E-state index contributed by atoms with van der Waals surface area (Å²) in [6.07, 6.45) is 0. The molecule has 0 fully saturated rings. The second-order valence-corrected chi connectivity index (χ2v) is 7.57. The highest BCUT2D eigenvalue weighted by molar-refractivity contribution is 8.13. The Labute approximate surface area is 115 Å². The van der Waals surface area contributed by atoms with Crippen LogP contribution in [0.5, 0.6) is 0 Å². The molecule has 0 aliphatic heterocycles. The molecular weight excluding hydrogens is 350 g/mol. The summed E-state index contributed by atoms with van der Waals surface area (Å²) < 4.78 is 117. The fourth-order valence-corrected chi connectivity index (χ4v) is 4.27. The molecule has 0 saturated heterocycles.